The van der Waals surface area contributed by atoms with Gasteiger partial charge >= 0.3 is 6.03 Å². The Labute approximate surface area is 136 Å². The van der Waals surface area contributed by atoms with E-state index in [9.17, 15) is 13.2 Å². The van der Waals surface area contributed by atoms with E-state index in [1.54, 1.807) is 24.3 Å². The number of urea groups is 1. The molecule has 2 amide bonds. The molecule has 1 aliphatic carbocycles. The van der Waals surface area contributed by atoms with Crippen molar-refractivity contribution in [3.05, 3.63) is 29.8 Å². The first kappa shape index (κ1) is 16.3. The number of nitrogens with zero attached hydrogens (tertiary/aromatic N) is 1. The second-order valence-electron chi connectivity index (χ2n) is 6.25. The number of hydrogen-bond donors (Lipinski definition) is 1. The minimum absolute atomic E-state index is 0.0719. The molecule has 0 spiro atoms. The van der Waals surface area contributed by atoms with Crippen molar-refractivity contribution < 1.29 is 17.9 Å². The van der Waals surface area contributed by atoms with E-state index in [0.717, 1.165) is 5.56 Å². The van der Waals surface area contributed by atoms with Crippen LogP contribution in [0.2, 0.25) is 0 Å². The first-order valence-electron chi connectivity index (χ1n) is 7.86. The standard InChI is InChI=1S/C16H22N2O4S/c1-23(20,21)14-6-2-12(3-7-14)10-17-16(19)18-8-9-22-11-15(18)13-4-5-13/h2-3,6-7,13,15H,4-5,8-11H2,1H3,(H,17,19). The maximum Gasteiger partial charge on any atom is 0.318 e. The van der Waals surface area contributed by atoms with E-state index in [4.69, 9.17) is 4.74 Å². The van der Waals surface area contributed by atoms with E-state index in [2.05, 4.69) is 5.32 Å². The Hall–Kier alpha value is -1.60. The fraction of sp³-hybridized carbons (Fsp3) is 0.562. The zero-order chi connectivity index (χ0) is 16.4. The lowest BCUT2D eigenvalue weighted by Crippen LogP contribution is -2.53. The number of amides is 2. The lowest BCUT2D eigenvalue weighted by Gasteiger charge is -2.35. The first-order valence-corrected chi connectivity index (χ1v) is 9.75. The zero-order valence-corrected chi connectivity index (χ0v) is 14.0. The van der Waals surface area contributed by atoms with Crippen LogP contribution in [-0.2, 0) is 21.1 Å². The summed E-state index contributed by atoms with van der Waals surface area (Å²) >= 11 is 0. The van der Waals surface area contributed by atoms with Gasteiger partial charge in [-0.3, -0.25) is 0 Å². The highest BCUT2D eigenvalue weighted by Crippen LogP contribution is 2.36. The van der Waals surface area contributed by atoms with Crippen LogP contribution in [0, 0.1) is 5.92 Å². The van der Waals surface area contributed by atoms with Crippen molar-refractivity contribution in [1.29, 1.82) is 0 Å². The van der Waals surface area contributed by atoms with Crippen LogP contribution in [0.15, 0.2) is 29.2 Å². The summed E-state index contributed by atoms with van der Waals surface area (Å²) < 4.78 is 28.4. The predicted octanol–water partition coefficient (Wildman–Crippen LogP) is 1.41. The molecule has 1 aliphatic heterocycles. The molecule has 2 aliphatic rings. The Kier molecular flexibility index (Phi) is 4.59. The van der Waals surface area contributed by atoms with Crippen molar-refractivity contribution in [3.8, 4) is 0 Å². The highest BCUT2D eigenvalue weighted by molar-refractivity contribution is 7.90. The van der Waals surface area contributed by atoms with Crippen molar-refractivity contribution in [2.24, 2.45) is 5.92 Å². The molecule has 1 N–H and O–H groups in total. The monoisotopic (exact) mass is 338 g/mol. The van der Waals surface area contributed by atoms with Crippen molar-refractivity contribution in [2.45, 2.75) is 30.3 Å². The van der Waals surface area contributed by atoms with Gasteiger partial charge in [0.05, 0.1) is 24.2 Å². The molecule has 1 saturated carbocycles. The number of rotatable bonds is 4. The molecule has 0 aromatic heterocycles. The Bertz CT molecular complexity index is 668. The first-order chi connectivity index (χ1) is 10.9. The maximum atomic E-state index is 12.4. The smallest absolute Gasteiger partial charge is 0.318 e. The van der Waals surface area contributed by atoms with Crippen molar-refractivity contribution >= 4 is 15.9 Å². The molecular weight excluding hydrogens is 316 g/mol. The summed E-state index contributed by atoms with van der Waals surface area (Å²) in [5.41, 5.74) is 0.877. The van der Waals surface area contributed by atoms with Gasteiger partial charge in [-0.2, -0.15) is 0 Å². The van der Waals surface area contributed by atoms with Gasteiger partial charge in [-0.05, 0) is 36.5 Å². The number of carbonyl (C=O) groups is 1. The summed E-state index contributed by atoms with van der Waals surface area (Å²) in [6, 6.07) is 6.72. The second kappa shape index (κ2) is 6.49. The zero-order valence-electron chi connectivity index (χ0n) is 13.2. The Morgan fingerprint density at radius 1 is 1.30 bits per heavy atom. The molecule has 1 aromatic carbocycles. The fourth-order valence-corrected chi connectivity index (χ4v) is 3.51. The molecule has 1 aromatic rings. The highest BCUT2D eigenvalue weighted by atomic mass is 32.2. The third kappa shape index (κ3) is 4.03. The molecule has 1 atom stereocenters. The number of hydrogen-bond acceptors (Lipinski definition) is 4. The number of carbonyl (C=O) groups excluding carboxylic acids is 1. The normalized spacial score (nSPS) is 22.0. The van der Waals surface area contributed by atoms with Gasteiger partial charge in [-0.15, -0.1) is 0 Å². The lowest BCUT2D eigenvalue weighted by molar-refractivity contribution is 0.00463. The number of sulfone groups is 1. The van der Waals surface area contributed by atoms with Crippen molar-refractivity contribution in [2.75, 3.05) is 26.0 Å². The van der Waals surface area contributed by atoms with Gasteiger partial charge in [0.1, 0.15) is 0 Å². The number of morpholine rings is 1. The summed E-state index contributed by atoms with van der Waals surface area (Å²) in [5.74, 6) is 0.579. The second-order valence-corrected chi connectivity index (χ2v) is 8.26. The fourth-order valence-electron chi connectivity index (χ4n) is 2.88. The SMILES string of the molecule is CS(=O)(=O)c1ccc(CNC(=O)N2CCOCC2C2CC2)cc1. The molecule has 1 heterocycles. The van der Waals surface area contributed by atoms with Crippen molar-refractivity contribution in [3.63, 3.8) is 0 Å². The van der Waals surface area contributed by atoms with Gasteiger partial charge in [0, 0.05) is 19.3 Å². The van der Waals surface area contributed by atoms with E-state index in [1.165, 1.54) is 19.1 Å². The molecule has 2 fully saturated rings. The average molecular weight is 338 g/mol. The minimum atomic E-state index is -3.19. The molecule has 1 unspecified atom stereocenters. The molecule has 0 radical (unpaired) electrons. The van der Waals surface area contributed by atoms with Crippen LogP contribution in [0.4, 0.5) is 4.79 Å². The Balaban J connectivity index is 1.57. The Morgan fingerprint density at radius 3 is 2.61 bits per heavy atom. The minimum Gasteiger partial charge on any atom is -0.377 e. The summed E-state index contributed by atoms with van der Waals surface area (Å²) in [6.07, 6.45) is 3.52. The third-order valence-electron chi connectivity index (χ3n) is 4.39. The van der Waals surface area contributed by atoms with Crippen LogP contribution < -0.4 is 5.32 Å². The maximum absolute atomic E-state index is 12.4. The van der Waals surface area contributed by atoms with Gasteiger partial charge < -0.3 is 15.0 Å². The largest absolute Gasteiger partial charge is 0.377 e. The van der Waals surface area contributed by atoms with E-state index >= 15 is 0 Å². The van der Waals surface area contributed by atoms with Crippen LogP contribution in [0.3, 0.4) is 0 Å². The molecule has 0 bridgehead atoms. The van der Waals surface area contributed by atoms with Gasteiger partial charge in [0.25, 0.3) is 0 Å². The van der Waals surface area contributed by atoms with Crippen LogP contribution in [-0.4, -0.2) is 51.4 Å². The van der Waals surface area contributed by atoms with Crippen LogP contribution in [0.25, 0.3) is 0 Å². The quantitative estimate of drug-likeness (QED) is 0.901. The van der Waals surface area contributed by atoms with Crippen LogP contribution >= 0.6 is 0 Å². The van der Waals surface area contributed by atoms with Gasteiger partial charge in [-0.25, -0.2) is 13.2 Å². The number of benzene rings is 1. The molecule has 6 nitrogen and oxygen atoms in total. The molecule has 1 saturated heterocycles. The lowest BCUT2D eigenvalue weighted by atomic mass is 10.1. The van der Waals surface area contributed by atoms with E-state index < -0.39 is 9.84 Å². The van der Waals surface area contributed by atoms with Crippen LogP contribution in [0.1, 0.15) is 18.4 Å². The van der Waals surface area contributed by atoms with Gasteiger partial charge in [0.2, 0.25) is 0 Å². The van der Waals surface area contributed by atoms with Crippen molar-refractivity contribution in [1.82, 2.24) is 10.2 Å². The number of ether oxygens (including phenoxy) is 1. The van der Waals surface area contributed by atoms with Gasteiger partial charge in [-0.1, -0.05) is 12.1 Å². The molecule has 126 valence electrons. The van der Waals surface area contributed by atoms with E-state index in [1.807, 2.05) is 4.90 Å². The predicted molar refractivity (Wildman–Crippen MR) is 85.8 cm³/mol. The summed E-state index contributed by atoms with van der Waals surface area (Å²) in [5, 5.41) is 2.92. The van der Waals surface area contributed by atoms with E-state index in [0.29, 0.717) is 32.2 Å². The third-order valence-corrected chi connectivity index (χ3v) is 5.52. The van der Waals surface area contributed by atoms with Crippen LogP contribution in [0.5, 0.6) is 0 Å². The molecular formula is C16H22N2O4S. The summed E-state index contributed by atoms with van der Waals surface area (Å²) in [6.45, 7) is 2.22. The average Bonchev–Trinajstić information content (AvgIpc) is 3.37. The van der Waals surface area contributed by atoms with Gasteiger partial charge in [0.15, 0.2) is 9.84 Å². The molecule has 23 heavy (non-hydrogen) atoms. The van der Waals surface area contributed by atoms with E-state index in [-0.39, 0.29) is 17.0 Å². The summed E-state index contributed by atoms with van der Waals surface area (Å²) in [4.78, 5) is 14.6. The Morgan fingerprint density at radius 2 is 2.00 bits per heavy atom. The highest BCUT2D eigenvalue weighted by Gasteiger charge is 2.39. The topological polar surface area (TPSA) is 75.7 Å². The summed E-state index contributed by atoms with van der Waals surface area (Å²) in [7, 11) is -3.19. The molecule has 3 rings (SSSR count). The molecule has 7 heteroatoms. The number of nitrogens with one attached hydrogen (secondary N) is 1.